The highest BCUT2D eigenvalue weighted by Gasteiger charge is 2.26. The molecule has 4 rings (SSSR count). The second-order valence-electron chi connectivity index (χ2n) is 7.32. The van der Waals surface area contributed by atoms with Gasteiger partial charge in [0, 0.05) is 36.9 Å². The van der Waals surface area contributed by atoms with Crippen LogP contribution in [0.25, 0.3) is 0 Å². The highest BCUT2D eigenvalue weighted by Crippen LogP contribution is 2.20. The van der Waals surface area contributed by atoms with Gasteiger partial charge in [0.25, 0.3) is 10.0 Å². The summed E-state index contributed by atoms with van der Waals surface area (Å²) in [6.45, 7) is 1.41. The van der Waals surface area contributed by atoms with Gasteiger partial charge in [-0.3, -0.25) is 0 Å². The lowest BCUT2D eigenvalue weighted by Crippen LogP contribution is -2.40. The van der Waals surface area contributed by atoms with E-state index in [1.807, 2.05) is 0 Å². The van der Waals surface area contributed by atoms with E-state index in [9.17, 15) is 16.8 Å². The largest absolute Gasteiger partial charge is 0.379 e. The van der Waals surface area contributed by atoms with Gasteiger partial charge >= 0.3 is 0 Å². The molecule has 1 aliphatic heterocycles. The highest BCUT2D eigenvalue weighted by atomic mass is 32.2. The maximum absolute atomic E-state index is 12.7. The Bertz CT molecular complexity index is 1380. The Hall–Kier alpha value is -3.17. The Balaban J connectivity index is 1.35. The van der Waals surface area contributed by atoms with Crippen molar-refractivity contribution in [1.82, 2.24) is 14.3 Å². The summed E-state index contributed by atoms with van der Waals surface area (Å²) >= 11 is 5.31. The van der Waals surface area contributed by atoms with E-state index < -0.39 is 20.0 Å². The van der Waals surface area contributed by atoms with E-state index in [0.29, 0.717) is 37.7 Å². The summed E-state index contributed by atoms with van der Waals surface area (Å²) in [4.78, 5) is 7.92. The van der Waals surface area contributed by atoms with Crippen molar-refractivity contribution in [1.29, 1.82) is 0 Å². The van der Waals surface area contributed by atoms with Crippen LogP contribution in [-0.2, 0) is 24.8 Å². The number of sulfonamides is 2. The first kappa shape index (κ1) is 24.9. The van der Waals surface area contributed by atoms with Crippen LogP contribution in [0.1, 0.15) is 0 Å². The Morgan fingerprint density at radius 2 is 1.34 bits per heavy atom. The lowest BCUT2D eigenvalue weighted by Gasteiger charge is -2.26. The number of aromatic nitrogens is 2. The zero-order valence-electron chi connectivity index (χ0n) is 18.3. The van der Waals surface area contributed by atoms with Gasteiger partial charge in [-0.05, 0) is 66.8 Å². The molecule has 3 aromatic rings. The molecule has 2 aromatic carbocycles. The summed E-state index contributed by atoms with van der Waals surface area (Å²) in [7, 11) is -7.42. The number of morpholine rings is 1. The van der Waals surface area contributed by atoms with Crippen LogP contribution in [0.2, 0.25) is 0 Å². The molecule has 35 heavy (non-hydrogen) atoms. The summed E-state index contributed by atoms with van der Waals surface area (Å²) in [6.07, 6.45) is 2.87. The Labute approximate surface area is 208 Å². The minimum absolute atomic E-state index is 0.0242. The van der Waals surface area contributed by atoms with Crippen molar-refractivity contribution in [3.63, 3.8) is 0 Å². The molecule has 0 radical (unpaired) electrons. The van der Waals surface area contributed by atoms with Crippen molar-refractivity contribution in [3.05, 3.63) is 67.0 Å². The molecule has 0 spiro atoms. The van der Waals surface area contributed by atoms with E-state index in [4.69, 9.17) is 17.0 Å². The smallest absolute Gasteiger partial charge is 0.264 e. The van der Waals surface area contributed by atoms with Crippen molar-refractivity contribution < 1.29 is 21.6 Å². The first-order valence-corrected chi connectivity index (χ1v) is 13.7. The number of anilines is 3. The van der Waals surface area contributed by atoms with Crippen molar-refractivity contribution >= 4 is 54.7 Å². The number of nitrogens with zero attached hydrogens (tertiary/aromatic N) is 3. The third kappa shape index (κ3) is 6.29. The first-order valence-electron chi connectivity index (χ1n) is 10.4. The average Bonchev–Trinajstić information content (AvgIpc) is 2.85. The van der Waals surface area contributed by atoms with Gasteiger partial charge in [-0.2, -0.15) is 4.31 Å². The van der Waals surface area contributed by atoms with Gasteiger partial charge in [0.05, 0.1) is 23.0 Å². The summed E-state index contributed by atoms with van der Waals surface area (Å²) in [6, 6.07) is 13.8. The van der Waals surface area contributed by atoms with Crippen LogP contribution >= 0.6 is 12.2 Å². The van der Waals surface area contributed by atoms with Crippen LogP contribution in [0.5, 0.6) is 0 Å². The second kappa shape index (κ2) is 10.6. The summed E-state index contributed by atoms with van der Waals surface area (Å²) < 4.78 is 59.3. The van der Waals surface area contributed by atoms with E-state index in [0.717, 1.165) is 0 Å². The Morgan fingerprint density at radius 1 is 0.829 bits per heavy atom. The minimum Gasteiger partial charge on any atom is -0.379 e. The Morgan fingerprint density at radius 3 is 1.89 bits per heavy atom. The SMILES string of the molecule is O=S(=O)(Nc1ncccn1)c1ccc(NC(=S)Nc2ccc(S(=O)(=O)N3CCOCC3)cc2)cc1. The van der Waals surface area contributed by atoms with Gasteiger partial charge in [-0.15, -0.1) is 0 Å². The fourth-order valence-corrected chi connectivity index (χ4v) is 5.79. The summed E-state index contributed by atoms with van der Waals surface area (Å²) in [5, 5.41) is 6.18. The molecule has 0 saturated carbocycles. The standard InChI is InChI=1S/C21H22N6O5S3/c28-34(29,26-20-22-10-1-11-23-20)18-6-2-16(3-7-18)24-21(33)25-17-4-8-19(9-5-17)35(30,31)27-12-14-32-15-13-27/h1-11H,12-15H2,(H,22,23,26)(H2,24,25,33). The molecule has 0 aliphatic carbocycles. The van der Waals surface area contributed by atoms with Gasteiger partial charge in [0.15, 0.2) is 5.11 Å². The van der Waals surface area contributed by atoms with Crippen LogP contribution in [0.3, 0.4) is 0 Å². The van der Waals surface area contributed by atoms with E-state index >= 15 is 0 Å². The van der Waals surface area contributed by atoms with Gasteiger partial charge in [0.1, 0.15) is 0 Å². The third-order valence-corrected chi connectivity index (χ3v) is 8.39. The van der Waals surface area contributed by atoms with E-state index in [1.165, 1.54) is 41.0 Å². The van der Waals surface area contributed by atoms with Crippen molar-refractivity contribution in [2.24, 2.45) is 0 Å². The third-order valence-electron chi connectivity index (χ3n) is 4.93. The maximum Gasteiger partial charge on any atom is 0.264 e. The second-order valence-corrected chi connectivity index (χ2v) is 11.4. The highest BCUT2D eigenvalue weighted by molar-refractivity contribution is 7.92. The van der Waals surface area contributed by atoms with E-state index in [-0.39, 0.29) is 20.9 Å². The predicted octanol–water partition coefficient (Wildman–Crippen LogP) is 2.11. The van der Waals surface area contributed by atoms with Gasteiger partial charge in [-0.1, -0.05) is 0 Å². The summed E-state index contributed by atoms with van der Waals surface area (Å²) in [5.41, 5.74) is 1.15. The number of hydrogen-bond acceptors (Lipinski definition) is 8. The van der Waals surface area contributed by atoms with Crippen molar-refractivity contribution in [3.8, 4) is 0 Å². The molecule has 3 N–H and O–H groups in total. The van der Waals surface area contributed by atoms with Crippen LogP contribution in [0, 0.1) is 0 Å². The quantitative estimate of drug-likeness (QED) is 0.386. The van der Waals surface area contributed by atoms with Crippen LogP contribution in [0.15, 0.2) is 76.8 Å². The summed E-state index contributed by atoms with van der Waals surface area (Å²) in [5.74, 6) is -0.0242. The van der Waals surface area contributed by atoms with Crippen molar-refractivity contribution in [2.75, 3.05) is 41.7 Å². The van der Waals surface area contributed by atoms with Gasteiger partial charge < -0.3 is 15.4 Å². The molecular weight excluding hydrogens is 512 g/mol. The number of ether oxygens (including phenoxy) is 1. The number of benzene rings is 2. The molecule has 14 heteroatoms. The molecule has 11 nitrogen and oxygen atoms in total. The number of rotatable bonds is 7. The molecule has 1 saturated heterocycles. The zero-order chi connectivity index (χ0) is 24.9. The molecule has 1 aliphatic rings. The molecule has 1 fully saturated rings. The zero-order valence-corrected chi connectivity index (χ0v) is 20.7. The normalized spacial score (nSPS) is 14.7. The fourth-order valence-electron chi connectivity index (χ4n) is 3.19. The molecule has 184 valence electrons. The van der Waals surface area contributed by atoms with Crippen LogP contribution in [0.4, 0.5) is 17.3 Å². The number of thiocarbonyl (C=S) groups is 1. The van der Waals surface area contributed by atoms with E-state index in [2.05, 4.69) is 25.3 Å². The molecule has 1 aromatic heterocycles. The molecule has 0 atom stereocenters. The van der Waals surface area contributed by atoms with Crippen LogP contribution in [-0.4, -0.2) is 62.5 Å². The average molecular weight is 535 g/mol. The molecule has 0 bridgehead atoms. The molecule has 0 amide bonds. The monoisotopic (exact) mass is 534 g/mol. The van der Waals surface area contributed by atoms with Gasteiger partial charge in [0.2, 0.25) is 16.0 Å². The van der Waals surface area contributed by atoms with Crippen molar-refractivity contribution in [2.45, 2.75) is 9.79 Å². The maximum atomic E-state index is 12.7. The number of hydrogen-bond donors (Lipinski definition) is 3. The minimum atomic E-state index is -3.84. The van der Waals surface area contributed by atoms with Gasteiger partial charge in [-0.25, -0.2) is 31.5 Å². The Kier molecular flexibility index (Phi) is 7.57. The lowest BCUT2D eigenvalue weighted by atomic mass is 10.3. The molecule has 2 heterocycles. The topological polar surface area (TPSA) is 143 Å². The van der Waals surface area contributed by atoms with Crippen LogP contribution < -0.4 is 15.4 Å². The predicted molar refractivity (Wildman–Crippen MR) is 135 cm³/mol. The first-order chi connectivity index (χ1) is 16.7. The lowest BCUT2D eigenvalue weighted by molar-refractivity contribution is 0.0730. The fraction of sp³-hybridized carbons (Fsp3) is 0.190. The molecule has 0 unspecified atom stereocenters. The number of nitrogens with one attached hydrogen (secondary N) is 3. The molecular formula is C21H22N6O5S3. The van der Waals surface area contributed by atoms with E-state index in [1.54, 1.807) is 30.3 Å².